The maximum Gasteiger partial charge on any atom is 0.198 e. The third-order valence-corrected chi connectivity index (χ3v) is 2.42. The van der Waals surface area contributed by atoms with E-state index in [4.69, 9.17) is 4.42 Å². The predicted molar refractivity (Wildman–Crippen MR) is 63.4 cm³/mol. The lowest BCUT2D eigenvalue weighted by atomic mass is 10.2. The summed E-state index contributed by atoms with van der Waals surface area (Å²) in [7, 11) is 0. The quantitative estimate of drug-likeness (QED) is 0.722. The van der Waals surface area contributed by atoms with E-state index in [0.717, 1.165) is 17.7 Å². The van der Waals surface area contributed by atoms with Gasteiger partial charge in [0.15, 0.2) is 11.5 Å². The average molecular weight is 214 g/mol. The first-order valence-corrected chi connectivity index (χ1v) is 5.49. The first kappa shape index (κ1) is 10.7. The van der Waals surface area contributed by atoms with Crippen molar-refractivity contribution in [3.8, 4) is 11.3 Å². The molecule has 2 rings (SSSR count). The van der Waals surface area contributed by atoms with Gasteiger partial charge < -0.3 is 4.42 Å². The van der Waals surface area contributed by atoms with Crippen LogP contribution in [0.4, 0.5) is 0 Å². The SMILES string of the molecule is CCCC(=O)c1ccc(-c2ccccc2)o1. The van der Waals surface area contributed by atoms with Gasteiger partial charge in [-0.15, -0.1) is 0 Å². The third-order valence-electron chi connectivity index (χ3n) is 2.42. The van der Waals surface area contributed by atoms with Gasteiger partial charge in [0.2, 0.25) is 0 Å². The smallest absolute Gasteiger partial charge is 0.198 e. The van der Waals surface area contributed by atoms with Gasteiger partial charge in [0, 0.05) is 12.0 Å². The lowest BCUT2D eigenvalue weighted by molar-refractivity contribution is 0.0955. The number of rotatable bonds is 4. The Hall–Kier alpha value is -1.83. The zero-order valence-electron chi connectivity index (χ0n) is 9.27. The van der Waals surface area contributed by atoms with E-state index in [2.05, 4.69) is 0 Å². The molecule has 0 saturated carbocycles. The second-order valence-electron chi connectivity index (χ2n) is 3.70. The first-order chi connectivity index (χ1) is 7.81. The Balaban J connectivity index is 2.23. The molecule has 0 aliphatic rings. The van der Waals surface area contributed by atoms with Crippen LogP contribution in [-0.2, 0) is 0 Å². The van der Waals surface area contributed by atoms with Gasteiger partial charge in [-0.05, 0) is 18.6 Å². The molecule has 0 saturated heterocycles. The van der Waals surface area contributed by atoms with Crippen LogP contribution in [0, 0.1) is 0 Å². The molecule has 0 bridgehead atoms. The Kier molecular flexibility index (Phi) is 3.20. The predicted octanol–water partition coefficient (Wildman–Crippen LogP) is 3.93. The van der Waals surface area contributed by atoms with Crippen molar-refractivity contribution in [1.29, 1.82) is 0 Å². The molecular weight excluding hydrogens is 200 g/mol. The summed E-state index contributed by atoms with van der Waals surface area (Å²) in [6, 6.07) is 13.4. The van der Waals surface area contributed by atoms with E-state index >= 15 is 0 Å². The van der Waals surface area contributed by atoms with Crippen molar-refractivity contribution in [2.24, 2.45) is 0 Å². The largest absolute Gasteiger partial charge is 0.453 e. The van der Waals surface area contributed by atoms with Gasteiger partial charge in [0.05, 0.1) is 0 Å². The maximum atomic E-state index is 11.6. The zero-order valence-corrected chi connectivity index (χ0v) is 9.27. The third kappa shape index (κ3) is 2.22. The molecule has 0 amide bonds. The van der Waals surface area contributed by atoms with E-state index in [-0.39, 0.29) is 5.78 Å². The molecule has 1 heterocycles. The second kappa shape index (κ2) is 4.79. The highest BCUT2D eigenvalue weighted by atomic mass is 16.3. The highest BCUT2D eigenvalue weighted by molar-refractivity contribution is 5.93. The molecule has 0 N–H and O–H groups in total. The summed E-state index contributed by atoms with van der Waals surface area (Å²) < 4.78 is 5.53. The summed E-state index contributed by atoms with van der Waals surface area (Å²) in [5.74, 6) is 1.28. The van der Waals surface area contributed by atoms with Crippen LogP contribution >= 0.6 is 0 Å². The Morgan fingerprint density at radius 3 is 2.56 bits per heavy atom. The van der Waals surface area contributed by atoms with Crippen LogP contribution in [0.15, 0.2) is 46.9 Å². The van der Waals surface area contributed by atoms with E-state index in [0.29, 0.717) is 12.2 Å². The minimum Gasteiger partial charge on any atom is -0.453 e. The van der Waals surface area contributed by atoms with Crippen molar-refractivity contribution in [1.82, 2.24) is 0 Å². The molecule has 0 atom stereocenters. The van der Waals surface area contributed by atoms with E-state index < -0.39 is 0 Å². The van der Waals surface area contributed by atoms with Crippen molar-refractivity contribution in [2.45, 2.75) is 19.8 Å². The van der Waals surface area contributed by atoms with Crippen molar-refractivity contribution >= 4 is 5.78 Å². The summed E-state index contributed by atoms with van der Waals surface area (Å²) in [5, 5.41) is 0. The topological polar surface area (TPSA) is 30.2 Å². The van der Waals surface area contributed by atoms with E-state index in [1.54, 1.807) is 6.07 Å². The fourth-order valence-electron chi connectivity index (χ4n) is 1.60. The summed E-state index contributed by atoms with van der Waals surface area (Å²) in [6.07, 6.45) is 1.39. The lowest BCUT2D eigenvalue weighted by Crippen LogP contribution is -1.94. The standard InChI is InChI=1S/C14H14O2/c1-2-6-12(15)14-10-9-13(16-14)11-7-4-3-5-8-11/h3-5,7-10H,2,6H2,1H3. The van der Waals surface area contributed by atoms with Gasteiger partial charge in [-0.2, -0.15) is 0 Å². The molecule has 82 valence electrons. The maximum absolute atomic E-state index is 11.6. The van der Waals surface area contributed by atoms with Gasteiger partial charge in [0.25, 0.3) is 0 Å². The summed E-state index contributed by atoms with van der Waals surface area (Å²) in [6.45, 7) is 1.99. The molecule has 1 aromatic heterocycles. The van der Waals surface area contributed by atoms with Crippen molar-refractivity contribution in [3.05, 3.63) is 48.2 Å². The summed E-state index contributed by atoms with van der Waals surface area (Å²) in [5.41, 5.74) is 0.998. The molecule has 0 aliphatic carbocycles. The Labute approximate surface area is 94.9 Å². The van der Waals surface area contributed by atoms with Crippen molar-refractivity contribution < 1.29 is 9.21 Å². The van der Waals surface area contributed by atoms with Crippen LogP contribution in [0.25, 0.3) is 11.3 Å². The van der Waals surface area contributed by atoms with Crippen molar-refractivity contribution in [3.63, 3.8) is 0 Å². The number of ketones is 1. The van der Waals surface area contributed by atoms with Gasteiger partial charge in [-0.25, -0.2) is 0 Å². The van der Waals surface area contributed by atoms with Gasteiger partial charge in [0.1, 0.15) is 5.76 Å². The molecule has 16 heavy (non-hydrogen) atoms. The number of carbonyl (C=O) groups excluding carboxylic acids is 1. The number of hydrogen-bond donors (Lipinski definition) is 0. The molecule has 1 aromatic carbocycles. The van der Waals surface area contributed by atoms with Crippen LogP contribution in [-0.4, -0.2) is 5.78 Å². The fraction of sp³-hybridized carbons (Fsp3) is 0.214. The molecule has 2 nitrogen and oxygen atoms in total. The van der Waals surface area contributed by atoms with Crippen LogP contribution in [0.3, 0.4) is 0 Å². The Morgan fingerprint density at radius 2 is 1.88 bits per heavy atom. The van der Waals surface area contributed by atoms with Crippen LogP contribution < -0.4 is 0 Å². The lowest BCUT2D eigenvalue weighted by Gasteiger charge is -1.96. The molecule has 0 unspecified atom stereocenters. The van der Waals surface area contributed by atoms with E-state index in [9.17, 15) is 4.79 Å². The summed E-state index contributed by atoms with van der Waals surface area (Å²) in [4.78, 5) is 11.6. The van der Waals surface area contributed by atoms with Gasteiger partial charge in [-0.1, -0.05) is 37.3 Å². The average Bonchev–Trinajstić information content (AvgIpc) is 2.80. The van der Waals surface area contributed by atoms with Crippen LogP contribution in [0.1, 0.15) is 30.3 Å². The van der Waals surface area contributed by atoms with Crippen LogP contribution in [0.5, 0.6) is 0 Å². The van der Waals surface area contributed by atoms with Gasteiger partial charge in [-0.3, -0.25) is 4.79 Å². The minimum atomic E-state index is 0.0738. The Bertz CT molecular complexity index is 468. The molecule has 2 heteroatoms. The molecule has 0 fully saturated rings. The van der Waals surface area contributed by atoms with Gasteiger partial charge >= 0.3 is 0 Å². The van der Waals surface area contributed by atoms with E-state index in [1.165, 1.54) is 0 Å². The fourth-order valence-corrected chi connectivity index (χ4v) is 1.60. The van der Waals surface area contributed by atoms with Crippen LogP contribution in [0.2, 0.25) is 0 Å². The first-order valence-electron chi connectivity index (χ1n) is 5.49. The number of furan rings is 1. The highest BCUT2D eigenvalue weighted by Gasteiger charge is 2.10. The zero-order chi connectivity index (χ0) is 11.4. The van der Waals surface area contributed by atoms with E-state index in [1.807, 2.05) is 43.3 Å². The second-order valence-corrected chi connectivity index (χ2v) is 3.70. The number of hydrogen-bond acceptors (Lipinski definition) is 2. The summed E-state index contributed by atoms with van der Waals surface area (Å²) >= 11 is 0. The number of Topliss-reactive ketones (excluding diaryl/α,β-unsaturated/α-hetero) is 1. The normalized spacial score (nSPS) is 10.3. The van der Waals surface area contributed by atoms with Crippen molar-refractivity contribution in [2.75, 3.05) is 0 Å². The molecule has 2 aromatic rings. The number of benzene rings is 1. The minimum absolute atomic E-state index is 0.0738. The molecule has 0 aliphatic heterocycles. The monoisotopic (exact) mass is 214 g/mol. The number of carbonyl (C=O) groups is 1. The molecular formula is C14H14O2. The Morgan fingerprint density at radius 1 is 1.12 bits per heavy atom. The highest BCUT2D eigenvalue weighted by Crippen LogP contribution is 2.22. The molecule has 0 radical (unpaired) electrons. The molecule has 0 spiro atoms.